The standard InChI is InChI=1S/2C15H14N2O2S.Zn/c2*1-10(18)17-13(15-7-4-8-20-15)9-12(16-17)11-5-2-3-6-14(11)19;/h2*2-8,13,19H,9H2,1H3;. The van der Waals surface area contributed by atoms with E-state index in [1.807, 2.05) is 59.3 Å². The third-order valence-electron chi connectivity index (χ3n) is 6.64. The number of phenolic OH excluding ortho intramolecular Hbond substituents is 2. The van der Waals surface area contributed by atoms with Gasteiger partial charge < -0.3 is 10.2 Å². The maximum absolute atomic E-state index is 11.8. The molecule has 2 aromatic heterocycles. The number of para-hydroxylation sites is 2. The number of hydrogen-bond acceptors (Lipinski definition) is 8. The maximum Gasteiger partial charge on any atom is 0.240 e. The fourth-order valence-electron chi connectivity index (χ4n) is 4.77. The van der Waals surface area contributed by atoms with Gasteiger partial charge in [-0.25, -0.2) is 10.0 Å². The molecule has 2 aliphatic rings. The van der Waals surface area contributed by atoms with Gasteiger partial charge in [0, 0.05) is 67.0 Å². The second kappa shape index (κ2) is 13.3. The second-order valence-electron chi connectivity index (χ2n) is 9.33. The molecule has 11 heteroatoms. The number of hydrazone groups is 2. The Balaban J connectivity index is 0.000000184. The van der Waals surface area contributed by atoms with Crippen molar-refractivity contribution in [2.75, 3.05) is 0 Å². The van der Waals surface area contributed by atoms with Crippen LogP contribution in [0.4, 0.5) is 0 Å². The van der Waals surface area contributed by atoms with E-state index in [0.29, 0.717) is 24.0 Å². The van der Waals surface area contributed by atoms with E-state index in [0.717, 1.165) is 21.2 Å². The van der Waals surface area contributed by atoms with Crippen molar-refractivity contribution < 1.29 is 39.3 Å². The van der Waals surface area contributed by atoms with Crippen molar-refractivity contribution in [3.63, 3.8) is 0 Å². The quantitative estimate of drug-likeness (QED) is 0.256. The fourth-order valence-corrected chi connectivity index (χ4v) is 6.39. The van der Waals surface area contributed by atoms with Crippen molar-refractivity contribution >= 4 is 45.9 Å². The minimum atomic E-state index is -0.0891. The molecule has 4 heterocycles. The first-order chi connectivity index (χ1) is 19.3. The molecule has 0 aliphatic carbocycles. The number of nitrogens with zero attached hydrogens (tertiary/aromatic N) is 4. The summed E-state index contributed by atoms with van der Waals surface area (Å²) in [6.45, 7) is 3.02. The predicted molar refractivity (Wildman–Crippen MR) is 158 cm³/mol. The monoisotopic (exact) mass is 636 g/mol. The van der Waals surface area contributed by atoms with E-state index in [9.17, 15) is 19.8 Å². The van der Waals surface area contributed by atoms with Crippen LogP contribution in [0.25, 0.3) is 0 Å². The van der Waals surface area contributed by atoms with Crippen LogP contribution in [0, 0.1) is 0 Å². The van der Waals surface area contributed by atoms with Crippen LogP contribution in [0.15, 0.2) is 93.8 Å². The molecule has 206 valence electrons. The van der Waals surface area contributed by atoms with Crippen LogP contribution in [-0.2, 0) is 29.1 Å². The molecular formula is C30H28N4O4S2Zn. The van der Waals surface area contributed by atoms with Crippen molar-refractivity contribution in [1.82, 2.24) is 10.0 Å². The van der Waals surface area contributed by atoms with Gasteiger partial charge in [0.1, 0.15) is 11.5 Å². The average Bonchev–Trinajstić information content (AvgIpc) is 3.74. The number of benzene rings is 2. The summed E-state index contributed by atoms with van der Waals surface area (Å²) >= 11 is 3.23. The van der Waals surface area contributed by atoms with Gasteiger partial charge in [0.2, 0.25) is 11.8 Å². The molecule has 41 heavy (non-hydrogen) atoms. The Hall–Kier alpha value is -3.66. The first kappa shape index (κ1) is 30.3. The smallest absolute Gasteiger partial charge is 0.240 e. The summed E-state index contributed by atoms with van der Waals surface area (Å²) in [5, 5.41) is 35.7. The first-order valence-electron chi connectivity index (χ1n) is 12.7. The van der Waals surface area contributed by atoms with Gasteiger partial charge in [0.25, 0.3) is 0 Å². The molecule has 2 unspecified atom stereocenters. The molecule has 6 rings (SSSR count). The summed E-state index contributed by atoms with van der Waals surface area (Å²) in [7, 11) is 0. The van der Waals surface area contributed by atoms with E-state index >= 15 is 0 Å². The van der Waals surface area contributed by atoms with Crippen molar-refractivity contribution in [1.29, 1.82) is 0 Å². The fraction of sp³-hybridized carbons (Fsp3) is 0.200. The van der Waals surface area contributed by atoms with E-state index in [-0.39, 0.29) is 54.9 Å². The van der Waals surface area contributed by atoms with E-state index < -0.39 is 0 Å². The molecule has 2 aromatic carbocycles. The number of rotatable bonds is 4. The Kier molecular flexibility index (Phi) is 9.86. The molecule has 0 spiro atoms. The van der Waals surface area contributed by atoms with E-state index in [4.69, 9.17) is 0 Å². The molecule has 2 amide bonds. The van der Waals surface area contributed by atoms with Crippen molar-refractivity contribution in [2.45, 2.75) is 38.8 Å². The summed E-state index contributed by atoms with van der Waals surface area (Å²) in [5.74, 6) is 0.214. The van der Waals surface area contributed by atoms with Crippen LogP contribution in [0.2, 0.25) is 0 Å². The third-order valence-corrected chi connectivity index (χ3v) is 8.59. The van der Waals surface area contributed by atoms with Crippen LogP contribution in [0.5, 0.6) is 11.5 Å². The van der Waals surface area contributed by atoms with E-state index in [1.54, 1.807) is 46.9 Å². The molecule has 0 saturated carbocycles. The summed E-state index contributed by atoms with van der Waals surface area (Å²) in [4.78, 5) is 25.8. The van der Waals surface area contributed by atoms with Gasteiger partial charge >= 0.3 is 0 Å². The van der Waals surface area contributed by atoms with Crippen molar-refractivity contribution in [3.8, 4) is 11.5 Å². The van der Waals surface area contributed by atoms with Gasteiger partial charge in [-0.05, 0) is 47.2 Å². The summed E-state index contributed by atoms with van der Waals surface area (Å²) in [6, 6.07) is 22.0. The molecule has 8 nitrogen and oxygen atoms in total. The Bertz CT molecular complexity index is 1450. The third kappa shape index (κ3) is 6.64. The molecule has 2 aliphatic heterocycles. The van der Waals surface area contributed by atoms with Crippen LogP contribution < -0.4 is 0 Å². The SMILES string of the molecule is CC(=O)N1N=C(c2ccccc2O)CC1c1cccs1.CC(=O)N1N=C(c2ccccc2O)CC1c1cccs1.[Zn]. The Morgan fingerprint density at radius 3 is 1.39 bits per heavy atom. The Labute approximate surface area is 259 Å². The molecule has 0 saturated heterocycles. The Morgan fingerprint density at radius 1 is 0.683 bits per heavy atom. The van der Waals surface area contributed by atoms with Gasteiger partial charge in [0.15, 0.2) is 0 Å². The number of carbonyl (C=O) groups excluding carboxylic acids is 2. The minimum absolute atomic E-state index is 0. The molecule has 2 atom stereocenters. The van der Waals surface area contributed by atoms with Crippen molar-refractivity contribution in [3.05, 3.63) is 104 Å². The van der Waals surface area contributed by atoms with Gasteiger partial charge in [-0.3, -0.25) is 9.59 Å². The van der Waals surface area contributed by atoms with Gasteiger partial charge in [-0.15, -0.1) is 22.7 Å². The normalized spacial score (nSPS) is 17.7. The maximum atomic E-state index is 11.8. The number of phenols is 2. The molecule has 0 fully saturated rings. The zero-order valence-corrected chi connectivity index (χ0v) is 27.3. The van der Waals surface area contributed by atoms with Crippen LogP contribution in [-0.4, -0.2) is 43.5 Å². The van der Waals surface area contributed by atoms with Gasteiger partial charge in [-0.2, -0.15) is 10.2 Å². The van der Waals surface area contributed by atoms with Crippen LogP contribution in [0.3, 0.4) is 0 Å². The molecule has 2 N–H and O–H groups in total. The van der Waals surface area contributed by atoms with Gasteiger partial charge in [-0.1, -0.05) is 36.4 Å². The summed E-state index contributed by atoms with van der Waals surface area (Å²) in [5.41, 5.74) is 2.88. The van der Waals surface area contributed by atoms with E-state index in [2.05, 4.69) is 10.2 Å². The number of thiophene rings is 2. The molecule has 0 radical (unpaired) electrons. The minimum Gasteiger partial charge on any atom is -0.507 e. The predicted octanol–water partition coefficient (Wildman–Crippen LogP) is 6.30. The summed E-state index contributed by atoms with van der Waals surface area (Å²) in [6.07, 6.45) is 1.25. The Morgan fingerprint density at radius 2 is 1.07 bits per heavy atom. The van der Waals surface area contributed by atoms with Crippen LogP contribution >= 0.6 is 22.7 Å². The van der Waals surface area contributed by atoms with Gasteiger partial charge in [0.05, 0.1) is 23.5 Å². The number of aromatic hydroxyl groups is 2. The molecule has 4 aromatic rings. The number of carbonyl (C=O) groups is 2. The number of hydrogen-bond donors (Lipinski definition) is 2. The van der Waals surface area contributed by atoms with Crippen LogP contribution in [0.1, 0.15) is 59.7 Å². The zero-order valence-electron chi connectivity index (χ0n) is 22.7. The van der Waals surface area contributed by atoms with Crippen molar-refractivity contribution in [2.24, 2.45) is 10.2 Å². The first-order valence-corrected chi connectivity index (χ1v) is 14.5. The van der Waals surface area contributed by atoms with E-state index in [1.165, 1.54) is 23.9 Å². The average molecular weight is 638 g/mol. The summed E-state index contributed by atoms with van der Waals surface area (Å²) < 4.78 is 0. The zero-order chi connectivity index (χ0) is 28.2. The molecular weight excluding hydrogens is 610 g/mol. The second-order valence-corrected chi connectivity index (χ2v) is 11.3. The topological polar surface area (TPSA) is 106 Å². The largest absolute Gasteiger partial charge is 0.507 e. The number of amides is 2. The molecule has 0 bridgehead atoms.